The fourth-order valence-electron chi connectivity index (χ4n) is 4.45. The van der Waals surface area contributed by atoms with E-state index < -0.39 is 0 Å². The van der Waals surface area contributed by atoms with Crippen LogP contribution in [0, 0.1) is 0 Å². The molecule has 2 aromatic carbocycles. The lowest BCUT2D eigenvalue weighted by molar-refractivity contribution is 0.354. The Kier molecular flexibility index (Phi) is 4.68. The molecule has 4 heteroatoms. The lowest BCUT2D eigenvalue weighted by Gasteiger charge is -2.36. The van der Waals surface area contributed by atoms with E-state index >= 15 is 0 Å². The van der Waals surface area contributed by atoms with Gasteiger partial charge >= 0.3 is 0 Å². The number of fused-ring (bicyclic) bond motifs is 2. The van der Waals surface area contributed by atoms with Gasteiger partial charge in [-0.25, -0.2) is 0 Å². The molecule has 0 fully saturated rings. The summed E-state index contributed by atoms with van der Waals surface area (Å²) in [5.74, 6) is 1.49. The first-order valence-electron chi connectivity index (χ1n) is 10.1. The Morgan fingerprint density at radius 3 is 2.31 bits per heavy atom. The fourth-order valence-corrected chi connectivity index (χ4v) is 4.45. The first-order valence-corrected chi connectivity index (χ1v) is 10.1. The van der Waals surface area contributed by atoms with Crippen molar-refractivity contribution in [1.29, 1.82) is 0 Å². The average Bonchev–Trinajstić information content (AvgIpc) is 2.65. The highest BCUT2D eigenvalue weighted by Crippen LogP contribution is 2.37. The van der Waals surface area contributed by atoms with Crippen LogP contribution < -0.4 is 14.8 Å². The van der Waals surface area contributed by atoms with Gasteiger partial charge in [0.1, 0.15) is 0 Å². The second-order valence-electron chi connectivity index (χ2n) is 9.25. The summed E-state index contributed by atoms with van der Waals surface area (Å²) in [6, 6.07) is 12.8. The van der Waals surface area contributed by atoms with Gasteiger partial charge in [-0.2, -0.15) is 0 Å². The van der Waals surface area contributed by atoms with E-state index in [0.29, 0.717) is 0 Å². The lowest BCUT2D eigenvalue weighted by atomic mass is 9.83. The number of rotatable bonds is 3. The minimum atomic E-state index is -0.178. The molecule has 0 aliphatic carbocycles. The lowest BCUT2D eigenvalue weighted by Crippen LogP contribution is -2.44. The highest BCUT2D eigenvalue weighted by molar-refractivity contribution is 6.14. The van der Waals surface area contributed by atoms with Crippen molar-refractivity contribution in [2.75, 3.05) is 14.2 Å². The fraction of sp³-hybridized carbons (Fsp3) is 0.400. The van der Waals surface area contributed by atoms with Crippen molar-refractivity contribution in [3.63, 3.8) is 0 Å². The molecule has 2 heterocycles. The number of benzene rings is 2. The molecule has 0 saturated heterocycles. The SMILES string of the molecule is COc1cc2c(cc1OC)C(C=C1NC(C)(C)Cc3ccccc31)=NC(C)(C)C2. The Morgan fingerprint density at radius 1 is 0.897 bits per heavy atom. The second kappa shape index (κ2) is 6.94. The van der Waals surface area contributed by atoms with Crippen LogP contribution in [0.4, 0.5) is 0 Å². The number of nitrogens with zero attached hydrogens (tertiary/aromatic N) is 1. The van der Waals surface area contributed by atoms with Crippen LogP contribution in [0.3, 0.4) is 0 Å². The van der Waals surface area contributed by atoms with Crippen LogP contribution in [-0.2, 0) is 12.8 Å². The van der Waals surface area contributed by atoms with E-state index in [0.717, 1.165) is 41.3 Å². The van der Waals surface area contributed by atoms with Gasteiger partial charge in [0.15, 0.2) is 11.5 Å². The maximum atomic E-state index is 5.57. The third-order valence-corrected chi connectivity index (χ3v) is 5.63. The summed E-state index contributed by atoms with van der Waals surface area (Å²) in [6.45, 7) is 8.84. The summed E-state index contributed by atoms with van der Waals surface area (Å²) in [5, 5.41) is 3.73. The van der Waals surface area contributed by atoms with E-state index in [4.69, 9.17) is 14.5 Å². The number of methoxy groups -OCH3 is 2. The standard InChI is InChI=1S/C25H30N2O2/c1-24(2)14-16-9-7-8-10-18(16)20(26-24)13-21-19-12-23(29-6)22(28-5)11-17(19)15-25(3,4)27-21/h7-13,26H,14-15H2,1-6H3. The van der Waals surface area contributed by atoms with Crippen molar-refractivity contribution in [2.45, 2.75) is 51.6 Å². The molecule has 0 aromatic heterocycles. The van der Waals surface area contributed by atoms with E-state index in [1.807, 2.05) is 0 Å². The van der Waals surface area contributed by atoms with Gasteiger partial charge in [0.2, 0.25) is 0 Å². The first kappa shape index (κ1) is 19.6. The summed E-state index contributed by atoms with van der Waals surface area (Å²) in [4.78, 5) is 5.11. The van der Waals surface area contributed by atoms with Crippen LogP contribution in [0.15, 0.2) is 47.5 Å². The van der Waals surface area contributed by atoms with Crippen molar-refractivity contribution in [1.82, 2.24) is 5.32 Å². The van der Waals surface area contributed by atoms with Crippen molar-refractivity contribution in [2.24, 2.45) is 4.99 Å². The van der Waals surface area contributed by atoms with Crippen molar-refractivity contribution in [3.05, 3.63) is 64.7 Å². The van der Waals surface area contributed by atoms with Gasteiger partial charge in [0, 0.05) is 22.4 Å². The molecule has 0 saturated carbocycles. The number of aliphatic imine (C=N–C) groups is 1. The third kappa shape index (κ3) is 3.76. The molecule has 0 atom stereocenters. The Morgan fingerprint density at radius 2 is 1.59 bits per heavy atom. The molecule has 4 nitrogen and oxygen atoms in total. The van der Waals surface area contributed by atoms with Gasteiger partial charge < -0.3 is 14.8 Å². The summed E-state index contributed by atoms with van der Waals surface area (Å²) in [5.41, 5.74) is 6.87. The molecule has 2 aliphatic rings. The van der Waals surface area contributed by atoms with Crippen LogP contribution >= 0.6 is 0 Å². The predicted octanol–water partition coefficient (Wildman–Crippen LogP) is 4.79. The normalized spacial score (nSPS) is 20.2. The molecule has 2 aromatic rings. The highest BCUT2D eigenvalue weighted by atomic mass is 16.5. The average molecular weight is 391 g/mol. The smallest absolute Gasteiger partial charge is 0.161 e. The Labute approximate surface area is 173 Å². The van der Waals surface area contributed by atoms with Gasteiger partial charge in [-0.1, -0.05) is 24.3 Å². The summed E-state index contributed by atoms with van der Waals surface area (Å²) >= 11 is 0. The van der Waals surface area contributed by atoms with E-state index in [-0.39, 0.29) is 11.1 Å². The highest BCUT2D eigenvalue weighted by Gasteiger charge is 2.31. The zero-order valence-corrected chi connectivity index (χ0v) is 18.2. The van der Waals surface area contributed by atoms with Gasteiger partial charge in [0.25, 0.3) is 0 Å². The number of nitrogens with one attached hydrogen (secondary N) is 1. The first-order chi connectivity index (χ1) is 13.7. The van der Waals surface area contributed by atoms with Crippen molar-refractivity contribution in [3.8, 4) is 11.5 Å². The summed E-state index contributed by atoms with van der Waals surface area (Å²) in [6.07, 6.45) is 4.07. The molecule has 2 aliphatic heterocycles. The molecule has 0 unspecified atom stereocenters. The van der Waals surface area contributed by atoms with Crippen LogP contribution in [0.5, 0.6) is 11.5 Å². The van der Waals surface area contributed by atoms with Gasteiger partial charge in [-0.05, 0) is 69.9 Å². The van der Waals surface area contributed by atoms with Gasteiger partial charge in [0.05, 0.1) is 25.5 Å². The van der Waals surface area contributed by atoms with Crippen molar-refractivity contribution >= 4 is 11.4 Å². The number of hydrogen-bond acceptors (Lipinski definition) is 4. The van der Waals surface area contributed by atoms with Gasteiger partial charge in [-0.3, -0.25) is 4.99 Å². The molecule has 29 heavy (non-hydrogen) atoms. The van der Waals surface area contributed by atoms with E-state index in [1.165, 1.54) is 16.7 Å². The maximum absolute atomic E-state index is 5.57. The number of allylic oxidation sites excluding steroid dienone is 1. The monoisotopic (exact) mass is 390 g/mol. The van der Waals surface area contributed by atoms with Crippen LogP contribution in [-0.4, -0.2) is 31.0 Å². The van der Waals surface area contributed by atoms with Crippen LogP contribution in [0.2, 0.25) is 0 Å². The molecule has 4 rings (SSSR count). The van der Waals surface area contributed by atoms with E-state index in [1.54, 1.807) is 14.2 Å². The zero-order chi connectivity index (χ0) is 20.8. The summed E-state index contributed by atoms with van der Waals surface area (Å²) in [7, 11) is 3.36. The predicted molar refractivity (Wildman–Crippen MR) is 119 cm³/mol. The molecule has 0 spiro atoms. The van der Waals surface area contributed by atoms with E-state index in [9.17, 15) is 0 Å². The molecule has 0 bridgehead atoms. The molecule has 0 radical (unpaired) electrons. The number of hydrogen-bond donors (Lipinski definition) is 1. The van der Waals surface area contributed by atoms with Crippen molar-refractivity contribution < 1.29 is 9.47 Å². The zero-order valence-electron chi connectivity index (χ0n) is 18.2. The maximum Gasteiger partial charge on any atom is 0.161 e. The molecular formula is C25H30N2O2. The molecule has 152 valence electrons. The number of ether oxygens (including phenoxy) is 2. The topological polar surface area (TPSA) is 42.9 Å². The second-order valence-corrected chi connectivity index (χ2v) is 9.25. The Hall–Kier alpha value is -2.75. The minimum Gasteiger partial charge on any atom is -0.493 e. The molecular weight excluding hydrogens is 360 g/mol. The summed E-state index contributed by atoms with van der Waals surface area (Å²) < 4.78 is 11.1. The Bertz CT molecular complexity index is 1020. The van der Waals surface area contributed by atoms with Crippen LogP contribution in [0.25, 0.3) is 5.70 Å². The quantitative estimate of drug-likeness (QED) is 0.819. The molecule has 0 amide bonds. The van der Waals surface area contributed by atoms with E-state index in [2.05, 4.69) is 75.5 Å². The van der Waals surface area contributed by atoms with Crippen LogP contribution in [0.1, 0.15) is 49.9 Å². The largest absolute Gasteiger partial charge is 0.493 e. The third-order valence-electron chi connectivity index (χ3n) is 5.63. The van der Waals surface area contributed by atoms with Gasteiger partial charge in [-0.15, -0.1) is 0 Å². The molecule has 1 N–H and O–H groups in total. The minimum absolute atomic E-state index is 0.00857. The Balaban J connectivity index is 1.88.